The summed E-state index contributed by atoms with van der Waals surface area (Å²) in [5.74, 6) is 0.208. The number of unbranched alkanes of at least 4 members (excludes halogenated alkanes) is 4. The van der Waals surface area contributed by atoms with Crippen LogP contribution in [-0.4, -0.2) is 48.2 Å². The summed E-state index contributed by atoms with van der Waals surface area (Å²) in [6.45, 7) is 4.56. The standard InChI is InChI=1S/C15H30N2O2/c1-2-3-4-5-6-9-15(19)17(11-12-18)13-14-8-7-10-16-14/h14,16,18H,2-13H2,1H3. The Morgan fingerprint density at radius 1 is 1.32 bits per heavy atom. The zero-order valence-corrected chi connectivity index (χ0v) is 12.4. The summed E-state index contributed by atoms with van der Waals surface area (Å²) in [4.78, 5) is 14.0. The first-order chi connectivity index (χ1) is 9.27. The third kappa shape index (κ3) is 6.92. The van der Waals surface area contributed by atoms with Crippen molar-refractivity contribution in [2.75, 3.05) is 26.2 Å². The maximum atomic E-state index is 12.1. The van der Waals surface area contributed by atoms with E-state index in [1.807, 2.05) is 4.90 Å². The summed E-state index contributed by atoms with van der Waals surface area (Å²) in [5.41, 5.74) is 0. The van der Waals surface area contributed by atoms with Crippen LogP contribution in [0.5, 0.6) is 0 Å². The Morgan fingerprint density at radius 2 is 2.11 bits per heavy atom. The van der Waals surface area contributed by atoms with Crippen molar-refractivity contribution in [2.45, 2.75) is 64.3 Å². The van der Waals surface area contributed by atoms with Gasteiger partial charge in [0, 0.05) is 25.6 Å². The second-order valence-electron chi connectivity index (χ2n) is 5.52. The number of hydrogen-bond acceptors (Lipinski definition) is 3. The van der Waals surface area contributed by atoms with Crippen LogP contribution in [0.1, 0.15) is 58.3 Å². The van der Waals surface area contributed by atoms with E-state index in [1.165, 1.54) is 25.7 Å². The Balaban J connectivity index is 2.22. The molecule has 1 atom stereocenters. The summed E-state index contributed by atoms with van der Waals surface area (Å²) in [6, 6.07) is 0.426. The van der Waals surface area contributed by atoms with Crippen LogP contribution in [0.25, 0.3) is 0 Å². The minimum absolute atomic E-state index is 0.0638. The van der Waals surface area contributed by atoms with Gasteiger partial charge in [0.25, 0.3) is 0 Å². The van der Waals surface area contributed by atoms with E-state index in [0.717, 1.165) is 32.4 Å². The molecule has 0 aromatic carbocycles. The topological polar surface area (TPSA) is 52.6 Å². The summed E-state index contributed by atoms with van der Waals surface area (Å²) >= 11 is 0. The van der Waals surface area contributed by atoms with E-state index in [-0.39, 0.29) is 12.5 Å². The highest BCUT2D eigenvalue weighted by Gasteiger charge is 2.20. The van der Waals surface area contributed by atoms with Crippen LogP contribution in [0.15, 0.2) is 0 Å². The molecule has 0 radical (unpaired) electrons. The quantitative estimate of drug-likeness (QED) is 0.596. The summed E-state index contributed by atoms with van der Waals surface area (Å²) in [7, 11) is 0. The normalized spacial score (nSPS) is 18.7. The van der Waals surface area contributed by atoms with Gasteiger partial charge < -0.3 is 15.3 Å². The Bertz CT molecular complexity index is 240. The fraction of sp³-hybridized carbons (Fsp3) is 0.933. The minimum atomic E-state index is 0.0638. The third-order valence-electron chi connectivity index (χ3n) is 3.82. The predicted molar refractivity (Wildman–Crippen MR) is 78.1 cm³/mol. The van der Waals surface area contributed by atoms with Crippen LogP contribution in [0.4, 0.5) is 0 Å². The fourth-order valence-corrected chi connectivity index (χ4v) is 2.65. The molecule has 0 bridgehead atoms. The molecule has 1 unspecified atom stereocenters. The van der Waals surface area contributed by atoms with Gasteiger partial charge in [-0.25, -0.2) is 0 Å². The first-order valence-corrected chi connectivity index (χ1v) is 7.90. The highest BCUT2D eigenvalue weighted by Crippen LogP contribution is 2.10. The van der Waals surface area contributed by atoms with Gasteiger partial charge in [-0.15, -0.1) is 0 Å². The van der Waals surface area contributed by atoms with Crippen LogP contribution < -0.4 is 5.32 Å². The Hall–Kier alpha value is -0.610. The average Bonchev–Trinajstić information content (AvgIpc) is 2.91. The van der Waals surface area contributed by atoms with Gasteiger partial charge in [-0.1, -0.05) is 32.6 Å². The van der Waals surface area contributed by atoms with E-state index in [4.69, 9.17) is 5.11 Å². The molecular weight excluding hydrogens is 240 g/mol. The van der Waals surface area contributed by atoms with E-state index in [9.17, 15) is 4.79 Å². The van der Waals surface area contributed by atoms with E-state index in [0.29, 0.717) is 19.0 Å². The molecule has 19 heavy (non-hydrogen) atoms. The third-order valence-corrected chi connectivity index (χ3v) is 3.82. The van der Waals surface area contributed by atoms with E-state index in [1.54, 1.807) is 0 Å². The Morgan fingerprint density at radius 3 is 2.74 bits per heavy atom. The molecule has 4 nitrogen and oxygen atoms in total. The Kier molecular flexibility index (Phi) is 8.84. The van der Waals surface area contributed by atoms with Crippen molar-refractivity contribution in [1.82, 2.24) is 10.2 Å². The summed E-state index contributed by atoms with van der Waals surface area (Å²) in [5, 5.41) is 12.5. The molecule has 0 aromatic rings. The van der Waals surface area contributed by atoms with Crippen molar-refractivity contribution < 1.29 is 9.90 Å². The van der Waals surface area contributed by atoms with Gasteiger partial charge >= 0.3 is 0 Å². The molecule has 2 N–H and O–H groups in total. The number of amides is 1. The average molecular weight is 270 g/mol. The van der Waals surface area contributed by atoms with E-state index < -0.39 is 0 Å². The van der Waals surface area contributed by atoms with Crippen LogP contribution in [0, 0.1) is 0 Å². The highest BCUT2D eigenvalue weighted by atomic mass is 16.3. The van der Waals surface area contributed by atoms with Gasteiger partial charge in [0.1, 0.15) is 0 Å². The number of aliphatic hydroxyl groups is 1. The van der Waals surface area contributed by atoms with Crippen LogP contribution in [-0.2, 0) is 4.79 Å². The lowest BCUT2D eigenvalue weighted by Crippen LogP contribution is -2.42. The van der Waals surface area contributed by atoms with Gasteiger partial charge in [0.2, 0.25) is 5.91 Å². The fourth-order valence-electron chi connectivity index (χ4n) is 2.65. The molecule has 1 aliphatic heterocycles. The number of nitrogens with one attached hydrogen (secondary N) is 1. The van der Waals surface area contributed by atoms with Gasteiger partial charge in [-0.2, -0.15) is 0 Å². The molecule has 4 heteroatoms. The first kappa shape index (κ1) is 16.4. The maximum absolute atomic E-state index is 12.1. The van der Waals surface area contributed by atoms with Crippen LogP contribution >= 0.6 is 0 Å². The van der Waals surface area contributed by atoms with Crippen molar-refractivity contribution in [1.29, 1.82) is 0 Å². The lowest BCUT2D eigenvalue weighted by Gasteiger charge is -2.25. The zero-order valence-electron chi connectivity index (χ0n) is 12.4. The smallest absolute Gasteiger partial charge is 0.222 e. The number of carbonyl (C=O) groups is 1. The second kappa shape index (κ2) is 10.2. The van der Waals surface area contributed by atoms with Crippen LogP contribution in [0.3, 0.4) is 0 Å². The molecular formula is C15H30N2O2. The molecule has 1 aliphatic rings. The van der Waals surface area contributed by atoms with Gasteiger partial charge in [-0.05, 0) is 25.8 Å². The molecule has 0 saturated carbocycles. The summed E-state index contributed by atoms with van der Waals surface area (Å²) in [6.07, 6.45) is 8.84. The highest BCUT2D eigenvalue weighted by molar-refractivity contribution is 5.76. The molecule has 112 valence electrons. The predicted octanol–water partition coefficient (Wildman–Crippen LogP) is 1.92. The van der Waals surface area contributed by atoms with E-state index in [2.05, 4.69) is 12.2 Å². The number of carbonyl (C=O) groups excluding carboxylic acids is 1. The van der Waals surface area contributed by atoms with Crippen molar-refractivity contribution >= 4 is 5.91 Å². The molecule has 0 spiro atoms. The molecule has 0 aromatic heterocycles. The molecule has 1 fully saturated rings. The monoisotopic (exact) mass is 270 g/mol. The summed E-state index contributed by atoms with van der Waals surface area (Å²) < 4.78 is 0. The SMILES string of the molecule is CCCCCCCC(=O)N(CCO)CC1CCCN1. The molecule has 1 rings (SSSR count). The number of rotatable bonds is 10. The van der Waals surface area contributed by atoms with Crippen molar-refractivity contribution in [3.05, 3.63) is 0 Å². The van der Waals surface area contributed by atoms with Crippen molar-refractivity contribution in [3.8, 4) is 0 Å². The number of aliphatic hydroxyl groups excluding tert-OH is 1. The van der Waals surface area contributed by atoms with Crippen LogP contribution in [0.2, 0.25) is 0 Å². The first-order valence-electron chi connectivity index (χ1n) is 7.90. The van der Waals surface area contributed by atoms with Gasteiger partial charge in [-0.3, -0.25) is 4.79 Å². The van der Waals surface area contributed by atoms with Gasteiger partial charge in [0.05, 0.1) is 6.61 Å². The largest absolute Gasteiger partial charge is 0.395 e. The molecule has 1 heterocycles. The van der Waals surface area contributed by atoms with Crippen molar-refractivity contribution in [3.63, 3.8) is 0 Å². The van der Waals surface area contributed by atoms with Gasteiger partial charge in [0.15, 0.2) is 0 Å². The second-order valence-corrected chi connectivity index (χ2v) is 5.52. The van der Waals surface area contributed by atoms with Crippen molar-refractivity contribution in [2.24, 2.45) is 0 Å². The Labute approximate surface area is 117 Å². The minimum Gasteiger partial charge on any atom is -0.395 e. The lowest BCUT2D eigenvalue weighted by molar-refractivity contribution is -0.132. The van der Waals surface area contributed by atoms with E-state index >= 15 is 0 Å². The number of nitrogens with zero attached hydrogens (tertiary/aromatic N) is 1. The lowest BCUT2D eigenvalue weighted by atomic mass is 10.1. The number of hydrogen-bond donors (Lipinski definition) is 2. The maximum Gasteiger partial charge on any atom is 0.222 e. The molecule has 1 amide bonds. The molecule has 0 aliphatic carbocycles. The molecule has 1 saturated heterocycles. The zero-order chi connectivity index (χ0) is 13.9.